The summed E-state index contributed by atoms with van der Waals surface area (Å²) in [5.74, 6) is -1.99. The van der Waals surface area contributed by atoms with Crippen LogP contribution in [-0.4, -0.2) is 20.8 Å². The van der Waals surface area contributed by atoms with Crippen molar-refractivity contribution >= 4 is 9.84 Å². The summed E-state index contributed by atoms with van der Waals surface area (Å²) in [5.41, 5.74) is -0.0686. The fourth-order valence-corrected chi connectivity index (χ4v) is 3.70. The summed E-state index contributed by atoms with van der Waals surface area (Å²) in [4.78, 5) is 0. The smallest absolute Gasteiger partial charge is 0.387 e. The molecule has 0 aromatic heterocycles. The SMILES string of the molecule is O=S(=O)(Cc1cccc(F)c1OC(F)F)CC1CC1. The molecule has 0 bridgehead atoms. The van der Waals surface area contributed by atoms with E-state index in [1.165, 1.54) is 12.1 Å². The zero-order valence-electron chi connectivity index (χ0n) is 9.98. The van der Waals surface area contributed by atoms with Crippen LogP contribution in [0.2, 0.25) is 0 Å². The minimum absolute atomic E-state index is 0.0115. The maximum absolute atomic E-state index is 13.4. The Morgan fingerprint density at radius 3 is 2.58 bits per heavy atom. The van der Waals surface area contributed by atoms with Gasteiger partial charge in [-0.1, -0.05) is 12.1 Å². The van der Waals surface area contributed by atoms with E-state index in [0.29, 0.717) is 0 Å². The van der Waals surface area contributed by atoms with Crippen LogP contribution in [0.25, 0.3) is 0 Å². The molecule has 2 rings (SSSR count). The molecule has 1 saturated carbocycles. The minimum Gasteiger partial charge on any atom is -0.431 e. The van der Waals surface area contributed by atoms with Crippen LogP contribution in [0.15, 0.2) is 18.2 Å². The minimum atomic E-state index is -3.44. The number of hydrogen-bond donors (Lipinski definition) is 0. The van der Waals surface area contributed by atoms with Gasteiger partial charge < -0.3 is 4.74 Å². The Hall–Kier alpha value is -1.24. The van der Waals surface area contributed by atoms with Crippen LogP contribution in [0.3, 0.4) is 0 Å². The van der Waals surface area contributed by atoms with Gasteiger partial charge in [0.15, 0.2) is 21.4 Å². The maximum atomic E-state index is 13.4. The van der Waals surface area contributed by atoms with Gasteiger partial charge in [-0.15, -0.1) is 0 Å². The van der Waals surface area contributed by atoms with E-state index in [2.05, 4.69) is 4.74 Å². The molecule has 1 fully saturated rings. The second-order valence-corrected chi connectivity index (χ2v) is 6.71. The maximum Gasteiger partial charge on any atom is 0.387 e. The molecular formula is C12H13F3O3S. The first-order chi connectivity index (χ1) is 8.87. The fourth-order valence-electron chi connectivity index (χ4n) is 1.83. The van der Waals surface area contributed by atoms with Crippen molar-refractivity contribution < 1.29 is 26.3 Å². The van der Waals surface area contributed by atoms with E-state index in [4.69, 9.17) is 0 Å². The average Bonchev–Trinajstić information content (AvgIpc) is 3.05. The normalized spacial score (nSPS) is 15.8. The summed E-state index contributed by atoms with van der Waals surface area (Å²) in [5, 5.41) is 0. The Bertz CT molecular complexity index is 553. The first-order valence-electron chi connectivity index (χ1n) is 5.80. The van der Waals surface area contributed by atoms with Gasteiger partial charge in [0.05, 0.1) is 11.5 Å². The van der Waals surface area contributed by atoms with Gasteiger partial charge in [-0.3, -0.25) is 0 Å². The fraction of sp³-hybridized carbons (Fsp3) is 0.500. The van der Waals surface area contributed by atoms with Crippen LogP contribution in [0.4, 0.5) is 13.2 Å². The highest BCUT2D eigenvalue weighted by Gasteiger charge is 2.29. The zero-order valence-corrected chi connectivity index (χ0v) is 10.8. The van der Waals surface area contributed by atoms with E-state index in [1.807, 2.05) is 0 Å². The number of hydrogen-bond acceptors (Lipinski definition) is 3. The van der Waals surface area contributed by atoms with E-state index in [-0.39, 0.29) is 17.2 Å². The Morgan fingerprint density at radius 1 is 1.32 bits per heavy atom. The monoisotopic (exact) mass is 294 g/mol. The van der Waals surface area contributed by atoms with Crippen molar-refractivity contribution in [2.45, 2.75) is 25.2 Å². The van der Waals surface area contributed by atoms with Crippen LogP contribution >= 0.6 is 0 Å². The van der Waals surface area contributed by atoms with E-state index in [9.17, 15) is 21.6 Å². The van der Waals surface area contributed by atoms with E-state index >= 15 is 0 Å². The summed E-state index contributed by atoms with van der Waals surface area (Å²) in [7, 11) is -3.44. The molecule has 7 heteroatoms. The summed E-state index contributed by atoms with van der Waals surface area (Å²) in [6.07, 6.45) is 1.73. The van der Waals surface area contributed by atoms with Gasteiger partial charge in [-0.25, -0.2) is 12.8 Å². The Labute approximate surface area is 109 Å². The topological polar surface area (TPSA) is 43.4 Å². The van der Waals surface area contributed by atoms with Crippen molar-refractivity contribution in [3.05, 3.63) is 29.6 Å². The van der Waals surface area contributed by atoms with Crippen molar-refractivity contribution in [1.29, 1.82) is 0 Å². The average molecular weight is 294 g/mol. The highest BCUT2D eigenvalue weighted by atomic mass is 32.2. The second-order valence-electron chi connectivity index (χ2n) is 4.60. The molecular weight excluding hydrogens is 281 g/mol. The van der Waals surface area contributed by atoms with Gasteiger partial charge in [0.25, 0.3) is 0 Å². The standard InChI is InChI=1S/C12H13F3O3S/c13-10-3-1-2-9(11(10)18-12(14)15)7-19(16,17)6-8-4-5-8/h1-3,8,12H,4-7H2. The third kappa shape index (κ3) is 4.12. The zero-order chi connectivity index (χ0) is 14.0. The summed E-state index contributed by atoms with van der Waals surface area (Å²) in [6.45, 7) is -3.19. The molecule has 1 aromatic carbocycles. The van der Waals surface area contributed by atoms with Crippen LogP contribution in [0, 0.1) is 11.7 Å². The largest absolute Gasteiger partial charge is 0.431 e. The Morgan fingerprint density at radius 2 is 2.00 bits per heavy atom. The third-order valence-electron chi connectivity index (χ3n) is 2.82. The Balaban J connectivity index is 2.21. The Kier molecular flexibility index (Phi) is 4.03. The lowest BCUT2D eigenvalue weighted by Gasteiger charge is -2.11. The van der Waals surface area contributed by atoms with Crippen LogP contribution in [0.5, 0.6) is 5.75 Å². The van der Waals surface area contributed by atoms with E-state index in [0.717, 1.165) is 18.9 Å². The molecule has 0 atom stereocenters. The predicted molar refractivity (Wildman–Crippen MR) is 63.2 cm³/mol. The molecule has 0 N–H and O–H groups in total. The molecule has 0 amide bonds. The number of para-hydroxylation sites is 1. The van der Waals surface area contributed by atoms with Crippen molar-refractivity contribution in [2.24, 2.45) is 5.92 Å². The van der Waals surface area contributed by atoms with Gasteiger partial charge in [0.2, 0.25) is 0 Å². The molecule has 0 radical (unpaired) electrons. The molecule has 0 aliphatic heterocycles. The van der Waals surface area contributed by atoms with Gasteiger partial charge in [-0.2, -0.15) is 8.78 Å². The number of halogens is 3. The second kappa shape index (κ2) is 5.40. The first-order valence-corrected chi connectivity index (χ1v) is 7.62. The van der Waals surface area contributed by atoms with Crippen molar-refractivity contribution in [1.82, 2.24) is 0 Å². The summed E-state index contributed by atoms with van der Waals surface area (Å²) < 4.78 is 65.5. The lowest BCUT2D eigenvalue weighted by Crippen LogP contribution is -2.13. The lowest BCUT2D eigenvalue weighted by atomic mass is 10.2. The van der Waals surface area contributed by atoms with Gasteiger partial charge in [0, 0.05) is 5.56 Å². The molecule has 1 aromatic rings. The predicted octanol–water partition coefficient (Wildman–Crippen LogP) is 2.75. The highest BCUT2D eigenvalue weighted by molar-refractivity contribution is 7.90. The van der Waals surface area contributed by atoms with Crippen LogP contribution in [0.1, 0.15) is 18.4 Å². The van der Waals surface area contributed by atoms with Gasteiger partial charge in [-0.05, 0) is 24.8 Å². The van der Waals surface area contributed by atoms with E-state index in [1.54, 1.807) is 0 Å². The van der Waals surface area contributed by atoms with Gasteiger partial charge in [0.1, 0.15) is 0 Å². The number of sulfone groups is 1. The first kappa shape index (κ1) is 14.2. The molecule has 3 nitrogen and oxygen atoms in total. The van der Waals surface area contributed by atoms with Crippen molar-refractivity contribution in [3.8, 4) is 5.75 Å². The molecule has 0 spiro atoms. The molecule has 19 heavy (non-hydrogen) atoms. The highest BCUT2D eigenvalue weighted by Crippen LogP contribution is 2.32. The van der Waals surface area contributed by atoms with Crippen LogP contribution < -0.4 is 4.74 Å². The summed E-state index contributed by atoms with van der Waals surface area (Å²) >= 11 is 0. The molecule has 0 heterocycles. The van der Waals surface area contributed by atoms with Gasteiger partial charge >= 0.3 is 6.61 Å². The summed E-state index contributed by atoms with van der Waals surface area (Å²) in [6, 6.07) is 3.51. The molecule has 106 valence electrons. The number of alkyl halides is 2. The van der Waals surface area contributed by atoms with Crippen LogP contribution in [-0.2, 0) is 15.6 Å². The number of ether oxygens (including phenoxy) is 1. The molecule has 1 aliphatic rings. The molecule has 0 saturated heterocycles. The third-order valence-corrected chi connectivity index (χ3v) is 4.55. The molecule has 1 aliphatic carbocycles. The molecule has 0 unspecified atom stereocenters. The van der Waals surface area contributed by atoms with E-state index < -0.39 is 33.8 Å². The number of rotatable bonds is 6. The van der Waals surface area contributed by atoms with Crippen molar-refractivity contribution in [3.63, 3.8) is 0 Å². The quantitative estimate of drug-likeness (QED) is 0.810. The van der Waals surface area contributed by atoms with Crippen molar-refractivity contribution in [2.75, 3.05) is 5.75 Å². The number of benzene rings is 1. The lowest BCUT2D eigenvalue weighted by molar-refractivity contribution is -0.0527.